The monoisotopic (exact) mass is 277 g/mol. The highest BCUT2D eigenvalue weighted by Crippen LogP contribution is 2.13. The third-order valence-corrected chi connectivity index (χ3v) is 3.38. The fourth-order valence-corrected chi connectivity index (χ4v) is 2.38. The number of nitrogens with two attached hydrogens (primary N) is 1. The van der Waals surface area contributed by atoms with Gasteiger partial charge in [-0.3, -0.25) is 9.59 Å². The number of hydrogen-bond acceptors (Lipinski definition) is 4. The van der Waals surface area contributed by atoms with E-state index in [4.69, 9.17) is 0 Å². The van der Waals surface area contributed by atoms with Crippen molar-refractivity contribution in [2.75, 3.05) is 11.5 Å². The molecule has 0 aliphatic rings. The highest BCUT2D eigenvalue weighted by Gasteiger charge is 2.24. The Kier molecular flexibility index (Phi) is 4.12. The standard InChI is InChI=1S/C10H9F2NO4S/c11-6-2-1-3-7(12)10(6)8(14)4-18(16,17)5-9(13)15/h1-3H,4-5H2,(H2,13,15). The van der Waals surface area contributed by atoms with Gasteiger partial charge in [-0.05, 0) is 12.1 Å². The van der Waals surface area contributed by atoms with Crippen molar-refractivity contribution in [2.45, 2.75) is 0 Å². The maximum absolute atomic E-state index is 13.2. The van der Waals surface area contributed by atoms with E-state index in [0.717, 1.165) is 18.2 Å². The van der Waals surface area contributed by atoms with Gasteiger partial charge in [-0.2, -0.15) is 0 Å². The molecule has 0 saturated carbocycles. The molecular formula is C10H9F2NO4S. The van der Waals surface area contributed by atoms with E-state index in [1.807, 2.05) is 0 Å². The number of ketones is 1. The maximum Gasteiger partial charge on any atom is 0.232 e. The van der Waals surface area contributed by atoms with Gasteiger partial charge in [0.1, 0.15) is 23.1 Å². The number of rotatable bonds is 5. The Morgan fingerprint density at radius 1 is 1.11 bits per heavy atom. The number of carbonyl (C=O) groups is 2. The van der Waals surface area contributed by atoms with Crippen LogP contribution >= 0.6 is 0 Å². The summed E-state index contributed by atoms with van der Waals surface area (Å²) in [6.45, 7) is 0. The quantitative estimate of drug-likeness (QED) is 0.769. The minimum atomic E-state index is -4.12. The van der Waals surface area contributed by atoms with Gasteiger partial charge in [0, 0.05) is 0 Å². The normalized spacial score (nSPS) is 11.2. The molecular weight excluding hydrogens is 268 g/mol. The van der Waals surface area contributed by atoms with Crippen molar-refractivity contribution < 1.29 is 26.8 Å². The second kappa shape index (κ2) is 5.21. The zero-order valence-electron chi connectivity index (χ0n) is 9.02. The number of primary amides is 1. The summed E-state index contributed by atoms with van der Waals surface area (Å²) in [4.78, 5) is 21.9. The van der Waals surface area contributed by atoms with E-state index in [-0.39, 0.29) is 0 Å². The highest BCUT2D eigenvalue weighted by molar-refractivity contribution is 7.92. The molecule has 8 heteroatoms. The molecule has 0 radical (unpaired) electrons. The molecule has 0 heterocycles. The third-order valence-electron chi connectivity index (χ3n) is 1.95. The van der Waals surface area contributed by atoms with Crippen molar-refractivity contribution in [3.63, 3.8) is 0 Å². The zero-order valence-corrected chi connectivity index (χ0v) is 9.84. The van der Waals surface area contributed by atoms with Gasteiger partial charge in [0.05, 0.1) is 5.56 Å². The number of amides is 1. The van der Waals surface area contributed by atoms with Gasteiger partial charge in [-0.25, -0.2) is 17.2 Å². The first-order chi connectivity index (χ1) is 8.23. The van der Waals surface area contributed by atoms with Crippen LogP contribution in [0.2, 0.25) is 0 Å². The third kappa shape index (κ3) is 3.59. The van der Waals surface area contributed by atoms with E-state index in [1.54, 1.807) is 0 Å². The van der Waals surface area contributed by atoms with Crippen LogP contribution in [-0.4, -0.2) is 31.6 Å². The van der Waals surface area contributed by atoms with E-state index in [1.165, 1.54) is 0 Å². The number of Topliss-reactive ketones (excluding diaryl/α,β-unsaturated/α-hetero) is 1. The fraction of sp³-hybridized carbons (Fsp3) is 0.200. The lowest BCUT2D eigenvalue weighted by atomic mass is 10.1. The average Bonchev–Trinajstić information content (AvgIpc) is 2.13. The largest absolute Gasteiger partial charge is 0.369 e. The molecule has 0 aromatic heterocycles. The van der Waals surface area contributed by atoms with Gasteiger partial charge < -0.3 is 5.73 Å². The Labute approximate surface area is 102 Å². The Bertz CT molecular complexity index is 578. The Morgan fingerprint density at radius 2 is 1.61 bits per heavy atom. The molecule has 0 unspecified atom stereocenters. The smallest absolute Gasteiger partial charge is 0.232 e. The molecule has 98 valence electrons. The molecule has 0 aliphatic carbocycles. The van der Waals surface area contributed by atoms with E-state index in [0.29, 0.717) is 0 Å². The minimum absolute atomic E-state index is 0.830. The van der Waals surface area contributed by atoms with Crippen molar-refractivity contribution in [2.24, 2.45) is 5.73 Å². The number of carbonyl (C=O) groups excluding carboxylic acids is 2. The number of hydrogen-bond donors (Lipinski definition) is 1. The molecule has 1 aromatic carbocycles. The molecule has 0 fully saturated rings. The van der Waals surface area contributed by atoms with Gasteiger partial charge >= 0.3 is 0 Å². The first kappa shape index (κ1) is 14.2. The molecule has 1 amide bonds. The summed E-state index contributed by atoms with van der Waals surface area (Å²) in [7, 11) is -4.12. The molecule has 1 aromatic rings. The molecule has 0 bridgehead atoms. The summed E-state index contributed by atoms with van der Waals surface area (Å²) >= 11 is 0. The summed E-state index contributed by atoms with van der Waals surface area (Å²) in [5.41, 5.74) is 3.74. The summed E-state index contributed by atoms with van der Waals surface area (Å²) in [5.74, 6) is -6.94. The fourth-order valence-electron chi connectivity index (χ4n) is 1.30. The van der Waals surface area contributed by atoms with E-state index >= 15 is 0 Å². The van der Waals surface area contributed by atoms with Crippen LogP contribution in [-0.2, 0) is 14.6 Å². The molecule has 0 saturated heterocycles. The molecule has 5 nitrogen and oxygen atoms in total. The summed E-state index contributed by atoms with van der Waals surface area (Å²) < 4.78 is 48.9. The SMILES string of the molecule is NC(=O)CS(=O)(=O)CC(=O)c1c(F)cccc1F. The van der Waals surface area contributed by atoms with Crippen molar-refractivity contribution in [3.05, 3.63) is 35.4 Å². The molecule has 2 N–H and O–H groups in total. The van der Waals surface area contributed by atoms with Gasteiger partial charge in [-0.15, -0.1) is 0 Å². The number of benzene rings is 1. The first-order valence-corrected chi connectivity index (χ1v) is 6.51. The average molecular weight is 277 g/mol. The van der Waals surface area contributed by atoms with Crippen molar-refractivity contribution in [1.82, 2.24) is 0 Å². The van der Waals surface area contributed by atoms with Crippen LogP contribution in [0, 0.1) is 11.6 Å². The second-order valence-electron chi connectivity index (χ2n) is 3.52. The summed E-state index contributed by atoms with van der Waals surface area (Å²) in [5, 5.41) is 0. The summed E-state index contributed by atoms with van der Waals surface area (Å²) in [6, 6.07) is 2.70. The molecule has 0 spiro atoms. The lowest BCUT2D eigenvalue weighted by molar-refractivity contribution is -0.115. The van der Waals surface area contributed by atoms with Crippen LogP contribution < -0.4 is 5.73 Å². The van der Waals surface area contributed by atoms with E-state index in [9.17, 15) is 26.8 Å². The number of halogens is 2. The zero-order chi connectivity index (χ0) is 13.9. The first-order valence-electron chi connectivity index (χ1n) is 4.69. The van der Waals surface area contributed by atoms with Gasteiger partial charge in [0.25, 0.3) is 0 Å². The van der Waals surface area contributed by atoms with Crippen LogP contribution in [0.5, 0.6) is 0 Å². The Morgan fingerprint density at radius 3 is 2.06 bits per heavy atom. The van der Waals surface area contributed by atoms with Crippen LogP contribution in [0.3, 0.4) is 0 Å². The molecule has 0 atom stereocenters. The van der Waals surface area contributed by atoms with Crippen molar-refractivity contribution in [1.29, 1.82) is 0 Å². The molecule has 18 heavy (non-hydrogen) atoms. The van der Waals surface area contributed by atoms with Crippen LogP contribution in [0.15, 0.2) is 18.2 Å². The lowest BCUT2D eigenvalue weighted by Gasteiger charge is -2.04. The predicted molar refractivity (Wildman–Crippen MR) is 58.5 cm³/mol. The van der Waals surface area contributed by atoms with E-state index in [2.05, 4.69) is 5.73 Å². The van der Waals surface area contributed by atoms with Gasteiger partial charge in [0.2, 0.25) is 5.91 Å². The lowest BCUT2D eigenvalue weighted by Crippen LogP contribution is -2.28. The Balaban J connectivity index is 3.00. The second-order valence-corrected chi connectivity index (χ2v) is 5.58. The molecule has 1 rings (SSSR count). The van der Waals surface area contributed by atoms with Gasteiger partial charge in [0.15, 0.2) is 15.6 Å². The van der Waals surface area contributed by atoms with Crippen LogP contribution in [0.1, 0.15) is 10.4 Å². The van der Waals surface area contributed by atoms with Crippen molar-refractivity contribution >= 4 is 21.5 Å². The minimum Gasteiger partial charge on any atom is -0.369 e. The maximum atomic E-state index is 13.2. The van der Waals surface area contributed by atoms with E-state index < -0.39 is 50.2 Å². The van der Waals surface area contributed by atoms with Crippen molar-refractivity contribution in [3.8, 4) is 0 Å². The predicted octanol–water partition coefficient (Wildman–Crippen LogP) is 0.0476. The van der Waals surface area contributed by atoms with Gasteiger partial charge in [-0.1, -0.05) is 6.07 Å². The van der Waals surface area contributed by atoms with Crippen LogP contribution in [0.4, 0.5) is 8.78 Å². The number of sulfone groups is 1. The molecule has 0 aliphatic heterocycles. The van der Waals surface area contributed by atoms with Crippen LogP contribution in [0.25, 0.3) is 0 Å². The topological polar surface area (TPSA) is 94.3 Å². The summed E-state index contributed by atoms with van der Waals surface area (Å²) in [6.07, 6.45) is 0. The highest BCUT2D eigenvalue weighted by atomic mass is 32.2. The Hall–Kier alpha value is -1.83.